The van der Waals surface area contributed by atoms with E-state index in [0.29, 0.717) is 11.6 Å². The Morgan fingerprint density at radius 2 is 2.05 bits per heavy atom. The van der Waals surface area contributed by atoms with E-state index in [1.807, 2.05) is 0 Å². The summed E-state index contributed by atoms with van der Waals surface area (Å²) in [5.74, 6) is -2.48. The summed E-state index contributed by atoms with van der Waals surface area (Å²) < 4.78 is 0. The molecule has 0 saturated carbocycles. The molecule has 0 aromatic carbocycles. The number of carboxylic acids is 2. The summed E-state index contributed by atoms with van der Waals surface area (Å²) in [5.41, 5.74) is 0. The van der Waals surface area contributed by atoms with Crippen molar-refractivity contribution in [2.24, 2.45) is 0 Å². The van der Waals surface area contributed by atoms with Crippen molar-refractivity contribution in [3.8, 4) is 0 Å². The van der Waals surface area contributed by atoms with Crippen LogP contribution in [0.3, 0.4) is 0 Å². The summed E-state index contributed by atoms with van der Waals surface area (Å²) in [6.07, 6.45) is -0.547. The topological polar surface area (TPSA) is 124 Å². The van der Waals surface area contributed by atoms with Crippen LogP contribution >= 0.6 is 11.8 Å². The molecule has 0 aliphatic carbocycles. The predicted octanol–water partition coefficient (Wildman–Crippen LogP) is -1.05. The van der Waals surface area contributed by atoms with Crippen LogP contribution in [0.25, 0.3) is 0 Å². The molecule has 3 N–H and O–H groups in total. The van der Waals surface area contributed by atoms with Gasteiger partial charge in [0.2, 0.25) is 11.8 Å². The van der Waals surface area contributed by atoms with Crippen molar-refractivity contribution in [2.75, 3.05) is 18.2 Å². The maximum Gasteiger partial charge on any atom is 0.326 e. The monoisotopic (exact) mass is 290 g/mol. The molecule has 1 heterocycles. The number of hydrogen-bond donors (Lipinski definition) is 3. The molecule has 2 amide bonds. The van der Waals surface area contributed by atoms with Crippen LogP contribution in [0.1, 0.15) is 12.8 Å². The molecule has 1 unspecified atom stereocenters. The van der Waals surface area contributed by atoms with Crippen LogP contribution in [-0.4, -0.2) is 63.1 Å². The van der Waals surface area contributed by atoms with Crippen LogP contribution in [0, 0.1) is 0 Å². The van der Waals surface area contributed by atoms with Crippen molar-refractivity contribution in [3.63, 3.8) is 0 Å². The Morgan fingerprint density at radius 1 is 1.37 bits per heavy atom. The lowest BCUT2D eigenvalue weighted by Crippen LogP contribution is -2.46. The molecule has 9 heteroatoms. The molecule has 0 aromatic rings. The van der Waals surface area contributed by atoms with Crippen LogP contribution in [0.5, 0.6) is 0 Å². The Morgan fingerprint density at radius 3 is 2.53 bits per heavy atom. The van der Waals surface area contributed by atoms with E-state index in [-0.39, 0.29) is 25.3 Å². The van der Waals surface area contributed by atoms with Crippen LogP contribution in [-0.2, 0) is 19.2 Å². The number of hydrogen-bond acceptors (Lipinski definition) is 5. The number of aliphatic carboxylic acids is 2. The lowest BCUT2D eigenvalue weighted by molar-refractivity contribution is -0.143. The van der Waals surface area contributed by atoms with Crippen LogP contribution in [0.4, 0.5) is 0 Å². The number of amides is 2. The molecule has 0 spiro atoms. The maximum atomic E-state index is 11.6. The van der Waals surface area contributed by atoms with Gasteiger partial charge in [-0.05, 0) is 6.42 Å². The first-order valence-electron chi connectivity index (χ1n) is 5.49. The second kappa shape index (κ2) is 6.98. The molecule has 0 radical (unpaired) electrons. The Kier molecular flexibility index (Phi) is 5.61. The number of carboxylic acid groups (broad SMARTS) is 2. The first-order chi connectivity index (χ1) is 8.90. The Hall–Kier alpha value is -1.77. The first-order valence-corrected chi connectivity index (χ1v) is 6.65. The van der Waals surface area contributed by atoms with Gasteiger partial charge in [0.1, 0.15) is 12.6 Å². The van der Waals surface area contributed by atoms with Crippen molar-refractivity contribution < 1.29 is 29.4 Å². The Balaban J connectivity index is 2.44. The highest BCUT2D eigenvalue weighted by atomic mass is 32.2. The largest absolute Gasteiger partial charge is 0.481 e. The van der Waals surface area contributed by atoms with E-state index < -0.39 is 23.9 Å². The van der Waals surface area contributed by atoms with Crippen molar-refractivity contribution in [1.29, 1.82) is 0 Å². The van der Waals surface area contributed by atoms with Gasteiger partial charge in [0, 0.05) is 6.42 Å². The van der Waals surface area contributed by atoms with Gasteiger partial charge in [0.15, 0.2) is 0 Å². The van der Waals surface area contributed by atoms with E-state index in [4.69, 9.17) is 10.2 Å². The average Bonchev–Trinajstić information content (AvgIpc) is 2.69. The summed E-state index contributed by atoms with van der Waals surface area (Å²) >= 11 is 1.37. The number of nitrogens with one attached hydrogen (secondary N) is 1. The lowest BCUT2D eigenvalue weighted by Gasteiger charge is -2.17. The molecule has 1 rings (SSSR count). The van der Waals surface area contributed by atoms with Crippen LogP contribution in [0.15, 0.2) is 0 Å². The number of carbonyl (C=O) groups excluding carboxylic acids is 2. The predicted molar refractivity (Wildman–Crippen MR) is 65.5 cm³/mol. The van der Waals surface area contributed by atoms with Gasteiger partial charge >= 0.3 is 11.9 Å². The van der Waals surface area contributed by atoms with E-state index in [9.17, 15) is 19.2 Å². The fraction of sp³-hybridized carbons (Fsp3) is 0.600. The van der Waals surface area contributed by atoms with Gasteiger partial charge in [-0.3, -0.25) is 14.4 Å². The molecule has 106 valence electrons. The first kappa shape index (κ1) is 15.3. The zero-order valence-electron chi connectivity index (χ0n) is 10.00. The summed E-state index contributed by atoms with van der Waals surface area (Å²) in [5, 5.41) is 19.6. The molecule has 8 nitrogen and oxygen atoms in total. The van der Waals surface area contributed by atoms with Crippen molar-refractivity contribution in [2.45, 2.75) is 18.9 Å². The highest BCUT2D eigenvalue weighted by molar-refractivity contribution is 8.00. The number of thioether (sulfide) groups is 1. The van der Waals surface area contributed by atoms with Crippen molar-refractivity contribution >= 4 is 35.5 Å². The van der Waals surface area contributed by atoms with Gasteiger partial charge in [0.25, 0.3) is 0 Å². The molecular formula is C10H14N2O6S. The standard InChI is InChI=1S/C10H14N2O6S/c13-7(3-12-5-19-4-8(12)14)11-6(10(17)18)1-2-9(15)16/h6H,1-5H2,(H,11,13)(H,15,16)(H,17,18). The fourth-order valence-electron chi connectivity index (χ4n) is 1.48. The van der Waals surface area contributed by atoms with E-state index in [0.717, 1.165) is 0 Å². The molecule has 1 aliphatic rings. The normalized spacial score (nSPS) is 16.2. The van der Waals surface area contributed by atoms with Gasteiger partial charge in [0.05, 0.1) is 11.6 Å². The van der Waals surface area contributed by atoms with E-state index >= 15 is 0 Å². The summed E-state index contributed by atoms with van der Waals surface area (Å²) in [7, 11) is 0. The van der Waals surface area contributed by atoms with E-state index in [1.165, 1.54) is 16.7 Å². The molecule has 1 saturated heterocycles. The highest BCUT2D eigenvalue weighted by Gasteiger charge is 2.26. The van der Waals surface area contributed by atoms with Gasteiger partial charge in [-0.25, -0.2) is 4.79 Å². The Bertz CT molecular complexity index is 399. The number of nitrogens with zero attached hydrogens (tertiary/aromatic N) is 1. The molecular weight excluding hydrogens is 276 g/mol. The summed E-state index contributed by atoms with van der Waals surface area (Å²) in [6, 6.07) is -1.26. The second-order valence-electron chi connectivity index (χ2n) is 3.96. The molecule has 1 aliphatic heterocycles. The minimum Gasteiger partial charge on any atom is -0.481 e. The van der Waals surface area contributed by atoms with Crippen LogP contribution in [0.2, 0.25) is 0 Å². The fourth-order valence-corrected chi connectivity index (χ4v) is 2.38. The zero-order valence-corrected chi connectivity index (χ0v) is 10.8. The maximum absolute atomic E-state index is 11.6. The SMILES string of the molecule is O=C(O)CCC(NC(=O)CN1CSCC1=O)C(=O)O. The zero-order chi connectivity index (χ0) is 14.4. The molecule has 19 heavy (non-hydrogen) atoms. The van der Waals surface area contributed by atoms with Crippen molar-refractivity contribution in [1.82, 2.24) is 10.2 Å². The van der Waals surface area contributed by atoms with Gasteiger partial charge < -0.3 is 20.4 Å². The second-order valence-corrected chi connectivity index (χ2v) is 4.92. The average molecular weight is 290 g/mol. The number of carbonyl (C=O) groups is 4. The number of rotatable bonds is 7. The lowest BCUT2D eigenvalue weighted by atomic mass is 10.1. The van der Waals surface area contributed by atoms with Crippen molar-refractivity contribution in [3.05, 3.63) is 0 Å². The smallest absolute Gasteiger partial charge is 0.326 e. The van der Waals surface area contributed by atoms with E-state index in [1.54, 1.807) is 0 Å². The van der Waals surface area contributed by atoms with Gasteiger partial charge in [-0.1, -0.05) is 0 Å². The molecule has 1 fully saturated rings. The third kappa shape index (κ3) is 5.16. The minimum atomic E-state index is -1.29. The molecule has 0 bridgehead atoms. The third-order valence-corrected chi connectivity index (χ3v) is 3.39. The quantitative estimate of drug-likeness (QED) is 0.546. The molecule has 0 aromatic heterocycles. The van der Waals surface area contributed by atoms with E-state index in [2.05, 4.69) is 5.32 Å². The summed E-state index contributed by atoms with van der Waals surface area (Å²) in [6.45, 7) is -0.206. The van der Waals surface area contributed by atoms with Gasteiger partial charge in [-0.2, -0.15) is 0 Å². The van der Waals surface area contributed by atoms with Crippen LogP contribution < -0.4 is 5.32 Å². The highest BCUT2D eigenvalue weighted by Crippen LogP contribution is 2.14. The minimum absolute atomic E-state index is 0.169. The Labute approximate surface area is 113 Å². The van der Waals surface area contributed by atoms with Gasteiger partial charge in [-0.15, -0.1) is 11.8 Å². The summed E-state index contributed by atoms with van der Waals surface area (Å²) in [4.78, 5) is 45.4. The molecule has 1 atom stereocenters. The third-order valence-electron chi connectivity index (χ3n) is 2.44.